The van der Waals surface area contributed by atoms with Crippen molar-refractivity contribution < 1.29 is 14.3 Å². The summed E-state index contributed by atoms with van der Waals surface area (Å²) < 4.78 is 11.1. The molecular formula is C26H30ClN3O3. The number of anilines is 1. The normalized spacial score (nSPS) is 18.0. The Balaban J connectivity index is 1.23. The van der Waals surface area contributed by atoms with Crippen molar-refractivity contribution in [3.8, 4) is 11.8 Å². The molecule has 2 aromatic carbocycles. The molecule has 0 radical (unpaired) electrons. The number of halogens is 1. The maximum absolute atomic E-state index is 12.1. The molecular weight excluding hydrogens is 438 g/mol. The molecule has 0 spiro atoms. The summed E-state index contributed by atoms with van der Waals surface area (Å²) in [5.41, 5.74) is 2.16. The topological polar surface area (TPSA) is 65.8 Å². The van der Waals surface area contributed by atoms with Gasteiger partial charge in [-0.3, -0.25) is 0 Å². The van der Waals surface area contributed by atoms with Gasteiger partial charge >= 0.3 is 5.97 Å². The lowest BCUT2D eigenvalue weighted by molar-refractivity contribution is 0.0601. The van der Waals surface area contributed by atoms with Gasteiger partial charge in [0, 0.05) is 32.7 Å². The van der Waals surface area contributed by atoms with E-state index in [1.54, 1.807) is 18.2 Å². The minimum absolute atomic E-state index is 0.156. The highest BCUT2D eigenvalue weighted by Gasteiger charge is 2.27. The highest BCUT2D eigenvalue weighted by molar-refractivity contribution is 6.32. The first kappa shape index (κ1) is 23.4. The van der Waals surface area contributed by atoms with Gasteiger partial charge in [-0.05, 0) is 61.9 Å². The largest absolute Gasteiger partial charge is 0.489 e. The predicted molar refractivity (Wildman–Crippen MR) is 129 cm³/mol. The first-order valence-electron chi connectivity index (χ1n) is 11.6. The Bertz CT molecular complexity index is 1010. The SMILES string of the molecule is COC(=O)c1ccccc1N1CCC(CN2CCC(Oc3ccc(C#N)cc3Cl)CC2)CC1. The monoisotopic (exact) mass is 467 g/mol. The summed E-state index contributed by atoms with van der Waals surface area (Å²) in [5, 5.41) is 9.48. The van der Waals surface area contributed by atoms with Crippen LogP contribution < -0.4 is 9.64 Å². The van der Waals surface area contributed by atoms with Crippen LogP contribution in [-0.2, 0) is 4.74 Å². The number of piperidine rings is 2. The van der Waals surface area contributed by atoms with Gasteiger partial charge in [-0.2, -0.15) is 5.26 Å². The van der Waals surface area contributed by atoms with Crippen molar-refractivity contribution in [2.45, 2.75) is 31.8 Å². The smallest absolute Gasteiger partial charge is 0.339 e. The number of carbonyl (C=O) groups excluding carboxylic acids is 1. The van der Waals surface area contributed by atoms with Gasteiger partial charge in [0.1, 0.15) is 11.9 Å². The number of methoxy groups -OCH3 is 1. The number of benzene rings is 2. The maximum atomic E-state index is 12.1. The quantitative estimate of drug-likeness (QED) is 0.571. The highest BCUT2D eigenvalue weighted by atomic mass is 35.5. The lowest BCUT2D eigenvalue weighted by atomic mass is 9.94. The molecule has 0 aromatic heterocycles. The van der Waals surface area contributed by atoms with Crippen molar-refractivity contribution >= 4 is 23.3 Å². The van der Waals surface area contributed by atoms with Crippen LogP contribution in [0.1, 0.15) is 41.6 Å². The van der Waals surface area contributed by atoms with Crippen LogP contribution in [0.15, 0.2) is 42.5 Å². The van der Waals surface area contributed by atoms with E-state index in [-0.39, 0.29) is 12.1 Å². The number of para-hydroxylation sites is 1. The van der Waals surface area contributed by atoms with E-state index in [1.165, 1.54) is 7.11 Å². The second-order valence-corrected chi connectivity index (χ2v) is 9.22. The number of rotatable bonds is 6. The molecule has 2 fully saturated rings. The van der Waals surface area contributed by atoms with Gasteiger partial charge < -0.3 is 19.3 Å². The van der Waals surface area contributed by atoms with Gasteiger partial charge in [-0.25, -0.2) is 4.79 Å². The Kier molecular flexibility index (Phi) is 7.74. The molecule has 2 aliphatic heterocycles. The summed E-state index contributed by atoms with van der Waals surface area (Å²) in [6.07, 6.45) is 4.34. The van der Waals surface area contributed by atoms with Gasteiger partial charge in [0.05, 0.1) is 35.0 Å². The van der Waals surface area contributed by atoms with E-state index in [9.17, 15) is 4.79 Å². The molecule has 0 N–H and O–H groups in total. The summed E-state index contributed by atoms with van der Waals surface area (Å²) in [6, 6.07) is 15.0. The number of carbonyl (C=O) groups is 1. The van der Waals surface area contributed by atoms with Crippen LogP contribution in [0.4, 0.5) is 5.69 Å². The molecule has 0 bridgehead atoms. The fourth-order valence-corrected chi connectivity index (χ4v) is 5.03. The number of nitriles is 1. The van der Waals surface area contributed by atoms with Crippen LogP contribution in [0.2, 0.25) is 5.02 Å². The lowest BCUT2D eigenvalue weighted by Crippen LogP contribution is -2.43. The van der Waals surface area contributed by atoms with E-state index in [0.717, 1.165) is 64.1 Å². The van der Waals surface area contributed by atoms with Crippen LogP contribution in [0.5, 0.6) is 5.75 Å². The Labute approximate surface area is 200 Å². The average molecular weight is 468 g/mol. The standard InChI is InChI=1S/C26H30ClN3O3/c1-32-26(31)22-4-2-3-5-24(22)30-14-8-19(9-15-30)18-29-12-10-21(11-13-29)33-25-7-6-20(17-28)16-23(25)27/h2-7,16,19,21H,8-15,18H2,1H3. The van der Waals surface area contributed by atoms with Gasteiger partial charge in [0.25, 0.3) is 0 Å². The van der Waals surface area contributed by atoms with E-state index in [4.69, 9.17) is 26.3 Å². The van der Waals surface area contributed by atoms with Crippen molar-refractivity contribution in [1.29, 1.82) is 5.26 Å². The molecule has 174 valence electrons. The minimum atomic E-state index is -0.278. The van der Waals surface area contributed by atoms with Gasteiger partial charge in [-0.1, -0.05) is 23.7 Å². The number of likely N-dealkylation sites (tertiary alicyclic amines) is 1. The van der Waals surface area contributed by atoms with E-state index >= 15 is 0 Å². The third-order valence-electron chi connectivity index (χ3n) is 6.67. The van der Waals surface area contributed by atoms with Crippen LogP contribution in [0.25, 0.3) is 0 Å². The summed E-state index contributed by atoms with van der Waals surface area (Å²) in [7, 11) is 1.43. The van der Waals surface area contributed by atoms with E-state index in [1.807, 2.05) is 24.3 Å². The van der Waals surface area contributed by atoms with Gasteiger partial charge in [-0.15, -0.1) is 0 Å². The number of ether oxygens (including phenoxy) is 2. The van der Waals surface area contributed by atoms with Crippen LogP contribution >= 0.6 is 11.6 Å². The van der Waals surface area contributed by atoms with Crippen molar-refractivity contribution in [3.05, 3.63) is 58.6 Å². The summed E-state index contributed by atoms with van der Waals surface area (Å²) in [4.78, 5) is 17.0. The van der Waals surface area contributed by atoms with Gasteiger partial charge in [0.15, 0.2) is 0 Å². The maximum Gasteiger partial charge on any atom is 0.339 e. The third kappa shape index (κ3) is 5.79. The Hall–Kier alpha value is -2.75. The first-order chi connectivity index (χ1) is 16.1. The second kappa shape index (κ2) is 10.9. The van der Waals surface area contributed by atoms with E-state index in [2.05, 4.69) is 15.9 Å². The van der Waals surface area contributed by atoms with Crippen LogP contribution in [0.3, 0.4) is 0 Å². The molecule has 0 unspecified atom stereocenters. The molecule has 33 heavy (non-hydrogen) atoms. The third-order valence-corrected chi connectivity index (χ3v) is 6.97. The molecule has 0 saturated carbocycles. The number of hydrogen-bond donors (Lipinski definition) is 0. The fourth-order valence-electron chi connectivity index (χ4n) is 4.81. The average Bonchev–Trinajstić information content (AvgIpc) is 2.86. The Morgan fingerprint density at radius 3 is 2.48 bits per heavy atom. The minimum Gasteiger partial charge on any atom is -0.489 e. The zero-order chi connectivity index (χ0) is 23.2. The molecule has 2 aromatic rings. The second-order valence-electron chi connectivity index (χ2n) is 8.81. The molecule has 2 heterocycles. The molecule has 7 heteroatoms. The predicted octanol–water partition coefficient (Wildman–Crippen LogP) is 4.76. The zero-order valence-electron chi connectivity index (χ0n) is 19.0. The highest BCUT2D eigenvalue weighted by Crippen LogP contribution is 2.30. The van der Waals surface area contributed by atoms with Crippen LogP contribution in [0, 0.1) is 17.2 Å². The van der Waals surface area contributed by atoms with Crippen molar-refractivity contribution in [2.75, 3.05) is 44.7 Å². The molecule has 4 rings (SSSR count). The number of nitrogens with zero attached hydrogens (tertiary/aromatic N) is 3. The fraction of sp³-hybridized carbons (Fsp3) is 0.462. The zero-order valence-corrected chi connectivity index (χ0v) is 19.8. The molecule has 0 amide bonds. The van der Waals surface area contributed by atoms with Crippen molar-refractivity contribution in [3.63, 3.8) is 0 Å². The molecule has 0 atom stereocenters. The molecule has 6 nitrogen and oxygen atoms in total. The van der Waals surface area contributed by atoms with Crippen LogP contribution in [-0.4, -0.2) is 56.8 Å². The van der Waals surface area contributed by atoms with Crippen molar-refractivity contribution in [1.82, 2.24) is 4.90 Å². The van der Waals surface area contributed by atoms with Crippen molar-refractivity contribution in [2.24, 2.45) is 5.92 Å². The molecule has 2 aliphatic rings. The summed E-state index contributed by atoms with van der Waals surface area (Å²) in [5.74, 6) is 1.05. The molecule has 0 aliphatic carbocycles. The first-order valence-corrected chi connectivity index (χ1v) is 12.0. The Morgan fingerprint density at radius 1 is 1.09 bits per heavy atom. The van der Waals surface area contributed by atoms with E-state index < -0.39 is 0 Å². The van der Waals surface area contributed by atoms with E-state index in [0.29, 0.717) is 27.8 Å². The number of hydrogen-bond acceptors (Lipinski definition) is 6. The number of esters is 1. The summed E-state index contributed by atoms with van der Waals surface area (Å²) in [6.45, 7) is 5.05. The Morgan fingerprint density at radius 2 is 1.82 bits per heavy atom. The summed E-state index contributed by atoms with van der Waals surface area (Å²) >= 11 is 6.26. The molecule has 2 saturated heterocycles. The van der Waals surface area contributed by atoms with Gasteiger partial charge in [0.2, 0.25) is 0 Å². The lowest BCUT2D eigenvalue weighted by Gasteiger charge is -2.38.